The molecule has 0 atom stereocenters. The summed E-state index contributed by atoms with van der Waals surface area (Å²) in [6, 6.07) is 8.24. The maximum Gasteiger partial charge on any atom is 0.339 e. The Morgan fingerprint density at radius 3 is 1.90 bits per heavy atom. The van der Waals surface area contributed by atoms with Crippen molar-refractivity contribution < 1.29 is 30.0 Å². The van der Waals surface area contributed by atoms with Gasteiger partial charge in [0.05, 0.1) is 35.8 Å². The molecule has 0 saturated carbocycles. The number of H-pyrrole nitrogens is 1. The fraction of sp³-hybridized carbons (Fsp3) is 0. The molecule has 2 aromatic carbocycles. The first kappa shape index (κ1) is 23.5. The second-order valence-electron chi connectivity index (χ2n) is 8.31. The van der Waals surface area contributed by atoms with Gasteiger partial charge in [0.1, 0.15) is 39.5 Å². The van der Waals surface area contributed by atoms with E-state index in [9.17, 15) is 19.8 Å². The number of hydrazine groups is 4. The van der Waals surface area contributed by atoms with E-state index in [1.165, 1.54) is 52.7 Å². The summed E-state index contributed by atoms with van der Waals surface area (Å²) in [4.78, 5) is 38.8. The number of rotatable bonds is 6. The molecule has 4 aromatic rings. The normalized spacial score (nSPS) is 14.7. The van der Waals surface area contributed by atoms with Crippen molar-refractivity contribution in [1.82, 2.24) is 41.9 Å². The van der Waals surface area contributed by atoms with E-state index >= 15 is 0 Å². The number of aromatic amines is 1. The van der Waals surface area contributed by atoms with Gasteiger partial charge in [-0.1, -0.05) is 0 Å². The molecule has 196 valence electrons. The smallest absolute Gasteiger partial charge is 0.339 e. The molecule has 2 aliphatic heterocycles. The average molecular weight is 530 g/mol. The summed E-state index contributed by atoms with van der Waals surface area (Å²) in [6.07, 6.45) is 4.76. The number of fused-ring (bicyclic) bond motifs is 1. The first-order valence-electron chi connectivity index (χ1n) is 11.2. The molecule has 9 N–H and O–H groups in total. The summed E-state index contributed by atoms with van der Waals surface area (Å²) >= 11 is 0. The Balaban J connectivity index is 1.32. The molecule has 16 nitrogen and oxygen atoms in total. The van der Waals surface area contributed by atoms with Gasteiger partial charge in [-0.3, -0.25) is 20.9 Å². The predicted octanol–water partition coefficient (Wildman–Crippen LogP) is 0.816. The van der Waals surface area contributed by atoms with Crippen molar-refractivity contribution >= 4 is 45.9 Å². The van der Waals surface area contributed by atoms with Gasteiger partial charge < -0.3 is 25.4 Å². The maximum absolute atomic E-state index is 11.2. The number of carbonyl (C=O) groups is 2. The lowest BCUT2D eigenvalue weighted by atomic mass is 10.2. The minimum absolute atomic E-state index is 0.221. The summed E-state index contributed by atoms with van der Waals surface area (Å²) < 4.78 is 0. The highest BCUT2D eigenvalue weighted by molar-refractivity contribution is 5.92. The minimum atomic E-state index is -1.24. The highest BCUT2D eigenvalue weighted by Crippen LogP contribution is 2.29. The second kappa shape index (κ2) is 8.91. The molecule has 0 radical (unpaired) electrons. The van der Waals surface area contributed by atoms with Crippen LogP contribution in [0.3, 0.4) is 0 Å². The van der Waals surface area contributed by atoms with Crippen LogP contribution in [0.5, 0.6) is 11.5 Å². The third-order valence-corrected chi connectivity index (χ3v) is 5.89. The number of carboxylic acid groups (broad SMARTS) is 2. The number of benzene rings is 2. The highest BCUT2D eigenvalue weighted by atomic mass is 16.4. The van der Waals surface area contributed by atoms with Crippen LogP contribution in [0.1, 0.15) is 32.2 Å². The zero-order valence-corrected chi connectivity index (χ0v) is 19.5. The van der Waals surface area contributed by atoms with Crippen molar-refractivity contribution in [3.8, 4) is 11.5 Å². The van der Waals surface area contributed by atoms with Gasteiger partial charge in [0, 0.05) is 12.1 Å². The molecule has 0 fully saturated rings. The van der Waals surface area contributed by atoms with Crippen LogP contribution in [0.4, 0.5) is 11.4 Å². The van der Waals surface area contributed by atoms with Crippen molar-refractivity contribution in [3.63, 3.8) is 0 Å². The zero-order chi connectivity index (χ0) is 27.3. The Labute approximate surface area is 217 Å². The number of carboxylic acids is 2. The molecule has 16 heteroatoms. The van der Waals surface area contributed by atoms with Crippen LogP contribution in [0.15, 0.2) is 55.1 Å². The van der Waals surface area contributed by atoms with Gasteiger partial charge in [-0.05, 0) is 24.3 Å². The van der Waals surface area contributed by atoms with Crippen LogP contribution < -0.4 is 31.9 Å². The Morgan fingerprint density at radius 2 is 1.33 bits per heavy atom. The molecule has 0 unspecified atom stereocenters. The number of hydrogen-bond acceptors (Lipinski definition) is 13. The van der Waals surface area contributed by atoms with E-state index in [4.69, 9.17) is 10.2 Å². The van der Waals surface area contributed by atoms with Crippen LogP contribution in [0, 0.1) is 0 Å². The Hall–Kier alpha value is -5.87. The molecule has 4 heterocycles. The van der Waals surface area contributed by atoms with E-state index < -0.39 is 11.9 Å². The quantitative estimate of drug-likeness (QED) is 0.168. The lowest BCUT2D eigenvalue weighted by molar-refractivity contribution is 0.0682. The van der Waals surface area contributed by atoms with E-state index in [0.717, 1.165) is 0 Å². The van der Waals surface area contributed by atoms with E-state index in [1.54, 1.807) is 12.4 Å². The molecule has 2 aliphatic rings. The summed E-state index contributed by atoms with van der Waals surface area (Å²) in [5, 5.41) is 41.4. The van der Waals surface area contributed by atoms with Gasteiger partial charge in [0.25, 0.3) is 0 Å². The number of aromatic carboxylic acids is 2. The second-order valence-corrected chi connectivity index (χ2v) is 8.31. The monoisotopic (exact) mass is 530 g/mol. The maximum atomic E-state index is 11.2. The van der Waals surface area contributed by atoms with Gasteiger partial charge in [-0.25, -0.2) is 24.5 Å². The molecule has 2 aromatic heterocycles. The standard InChI is InChI=1S/C23H18N10O6/c34-16-5-10(1-3-12(16)22(36)37)32-7-14(28-30-32)18-19-21(25-9-24-19)27-20(26-18)15-8-33(31-29-15)11-2-4-13(23(38)39)17(35)6-11/h1-9,28-31,34-35H,(H,36,37)(H,38,39)(H,24,25,26,27). The van der Waals surface area contributed by atoms with Crippen molar-refractivity contribution in [1.29, 1.82) is 0 Å². The highest BCUT2D eigenvalue weighted by Gasteiger charge is 2.24. The lowest BCUT2D eigenvalue weighted by Gasteiger charge is -2.15. The molecule has 0 saturated heterocycles. The van der Waals surface area contributed by atoms with Crippen molar-refractivity contribution in [2.75, 3.05) is 10.0 Å². The zero-order valence-electron chi connectivity index (χ0n) is 19.5. The van der Waals surface area contributed by atoms with Gasteiger partial charge in [0.15, 0.2) is 11.5 Å². The fourth-order valence-corrected chi connectivity index (χ4v) is 3.99. The number of aromatic hydroxyl groups is 2. The van der Waals surface area contributed by atoms with Gasteiger partial charge in [-0.2, -0.15) is 0 Å². The third-order valence-electron chi connectivity index (χ3n) is 5.89. The van der Waals surface area contributed by atoms with E-state index in [0.29, 0.717) is 39.6 Å². The molecule has 0 bridgehead atoms. The van der Waals surface area contributed by atoms with Crippen molar-refractivity contribution in [2.45, 2.75) is 0 Å². The van der Waals surface area contributed by atoms with Crippen LogP contribution in [0.2, 0.25) is 0 Å². The van der Waals surface area contributed by atoms with E-state index in [1.807, 2.05) is 0 Å². The Kier molecular flexibility index (Phi) is 5.37. The largest absolute Gasteiger partial charge is 0.507 e. The number of aromatic nitrogens is 4. The Morgan fingerprint density at radius 1 is 0.769 bits per heavy atom. The molecule has 39 heavy (non-hydrogen) atoms. The van der Waals surface area contributed by atoms with Crippen LogP contribution >= 0.6 is 0 Å². The summed E-state index contributed by atoms with van der Waals surface area (Å²) in [5.41, 5.74) is 14.5. The fourth-order valence-electron chi connectivity index (χ4n) is 3.99. The molecule has 0 aliphatic carbocycles. The summed E-state index contributed by atoms with van der Waals surface area (Å²) in [7, 11) is 0. The third kappa shape index (κ3) is 4.12. The lowest BCUT2D eigenvalue weighted by Crippen LogP contribution is -2.36. The van der Waals surface area contributed by atoms with Crippen LogP contribution in [0.25, 0.3) is 22.6 Å². The number of hydrogen-bond donors (Lipinski definition) is 9. The van der Waals surface area contributed by atoms with Gasteiger partial charge in [0.2, 0.25) is 0 Å². The molecular formula is C23H18N10O6. The topological polar surface area (TPSA) is 224 Å². The summed E-state index contributed by atoms with van der Waals surface area (Å²) in [5.74, 6) is -2.97. The van der Waals surface area contributed by atoms with Crippen molar-refractivity contribution in [3.05, 3.63) is 77.8 Å². The SMILES string of the molecule is O=C(O)c1ccc(N2C=C(c3nc(C4=CN(c5ccc(C(=O)O)c(O)c5)NN4)c4nc[nH]c4n3)NN2)cc1O. The van der Waals surface area contributed by atoms with Crippen molar-refractivity contribution in [2.24, 2.45) is 0 Å². The van der Waals surface area contributed by atoms with E-state index in [-0.39, 0.29) is 28.5 Å². The number of phenols is 2. The van der Waals surface area contributed by atoms with Gasteiger partial charge in [-0.15, -0.1) is 11.1 Å². The average Bonchev–Trinajstić information content (AvgIpc) is 3.68. The number of nitrogens with zero attached hydrogens (tertiary/aromatic N) is 5. The molecule has 0 spiro atoms. The minimum Gasteiger partial charge on any atom is -0.507 e. The number of nitrogens with one attached hydrogen (secondary N) is 5. The van der Waals surface area contributed by atoms with Crippen LogP contribution in [-0.4, -0.2) is 52.3 Å². The van der Waals surface area contributed by atoms with Gasteiger partial charge >= 0.3 is 11.9 Å². The summed E-state index contributed by atoms with van der Waals surface area (Å²) in [6.45, 7) is 0. The number of anilines is 2. The molecule has 0 amide bonds. The van der Waals surface area contributed by atoms with Crippen LogP contribution in [-0.2, 0) is 0 Å². The first-order chi connectivity index (χ1) is 18.8. The first-order valence-corrected chi connectivity index (χ1v) is 11.2. The van der Waals surface area contributed by atoms with E-state index in [2.05, 4.69) is 41.9 Å². The molecule has 6 rings (SSSR count). The Bertz CT molecular complexity index is 1730. The molecular weight excluding hydrogens is 512 g/mol. The number of imidazole rings is 1. The predicted molar refractivity (Wildman–Crippen MR) is 135 cm³/mol.